The van der Waals surface area contributed by atoms with Crippen LogP contribution in [0.5, 0.6) is 0 Å². The second kappa shape index (κ2) is 7.15. The first-order valence-corrected chi connectivity index (χ1v) is 7.92. The molecular weight excluding hydrogens is 335 g/mol. The van der Waals surface area contributed by atoms with Gasteiger partial charge in [-0.25, -0.2) is 18.9 Å². The fraction of sp³-hybridized carbons (Fsp3) is 0.158. The fourth-order valence-corrected chi connectivity index (χ4v) is 2.61. The fourth-order valence-electron chi connectivity index (χ4n) is 2.61. The van der Waals surface area contributed by atoms with Crippen LogP contribution in [0.25, 0.3) is 0 Å². The standard InChI is InChI=1S/C19H15FN4O2/c1-2-26-18(25)15-5-9-17(10-6-15)19(20,24-13-22-12-23-24)16-7-3-14(11-21)4-8-16/h3-10,12-13H,2H2,1H3. The van der Waals surface area contributed by atoms with Gasteiger partial charge < -0.3 is 4.74 Å². The average Bonchev–Trinajstić information content (AvgIpc) is 3.23. The van der Waals surface area contributed by atoms with Crippen LogP contribution < -0.4 is 0 Å². The van der Waals surface area contributed by atoms with Crippen molar-refractivity contribution in [2.75, 3.05) is 6.61 Å². The number of esters is 1. The molecule has 1 heterocycles. The predicted molar refractivity (Wildman–Crippen MR) is 90.9 cm³/mol. The molecule has 0 radical (unpaired) electrons. The van der Waals surface area contributed by atoms with Gasteiger partial charge in [-0.05, 0) is 31.2 Å². The summed E-state index contributed by atoms with van der Waals surface area (Å²) in [4.78, 5) is 15.6. The van der Waals surface area contributed by atoms with E-state index >= 15 is 4.39 Å². The van der Waals surface area contributed by atoms with Crippen molar-refractivity contribution >= 4 is 5.97 Å². The minimum absolute atomic E-state index is 0.262. The van der Waals surface area contributed by atoms with Crippen molar-refractivity contribution in [3.05, 3.63) is 83.4 Å². The van der Waals surface area contributed by atoms with Crippen LogP contribution in [0, 0.1) is 11.3 Å². The highest BCUT2D eigenvalue weighted by Gasteiger charge is 2.37. The first-order chi connectivity index (χ1) is 12.6. The molecular formula is C19H15FN4O2. The Labute approximate surface area is 149 Å². The third kappa shape index (κ3) is 3.05. The number of hydrogen-bond acceptors (Lipinski definition) is 5. The quantitative estimate of drug-likeness (QED) is 0.661. The van der Waals surface area contributed by atoms with Gasteiger partial charge in [-0.1, -0.05) is 24.3 Å². The van der Waals surface area contributed by atoms with Crippen molar-refractivity contribution in [1.82, 2.24) is 14.8 Å². The van der Waals surface area contributed by atoms with Crippen LogP contribution in [0.2, 0.25) is 0 Å². The molecule has 0 saturated heterocycles. The number of ether oxygens (including phenoxy) is 1. The summed E-state index contributed by atoms with van der Waals surface area (Å²) in [7, 11) is 0. The summed E-state index contributed by atoms with van der Waals surface area (Å²) < 4.78 is 22.2. The molecule has 0 saturated carbocycles. The van der Waals surface area contributed by atoms with Crippen molar-refractivity contribution in [3.63, 3.8) is 0 Å². The van der Waals surface area contributed by atoms with Gasteiger partial charge in [0.15, 0.2) is 0 Å². The molecule has 0 spiro atoms. The Morgan fingerprint density at radius 3 is 2.31 bits per heavy atom. The van der Waals surface area contributed by atoms with Crippen LogP contribution in [0.3, 0.4) is 0 Å². The van der Waals surface area contributed by atoms with Crippen molar-refractivity contribution in [3.8, 4) is 6.07 Å². The molecule has 3 aromatic rings. The first-order valence-electron chi connectivity index (χ1n) is 7.92. The minimum atomic E-state index is -2.14. The maximum absolute atomic E-state index is 16.2. The molecule has 0 bridgehead atoms. The van der Waals surface area contributed by atoms with Gasteiger partial charge in [0, 0.05) is 11.1 Å². The molecule has 7 heteroatoms. The topological polar surface area (TPSA) is 80.8 Å². The summed E-state index contributed by atoms with van der Waals surface area (Å²) in [6.45, 7) is 1.98. The molecule has 1 atom stereocenters. The second-order valence-corrected chi connectivity index (χ2v) is 5.45. The smallest absolute Gasteiger partial charge is 0.338 e. The Morgan fingerprint density at radius 1 is 1.19 bits per heavy atom. The number of hydrogen-bond donors (Lipinski definition) is 0. The highest BCUT2D eigenvalue weighted by atomic mass is 19.1. The van der Waals surface area contributed by atoms with Gasteiger partial charge in [0.1, 0.15) is 12.7 Å². The molecule has 130 valence electrons. The van der Waals surface area contributed by atoms with E-state index in [-0.39, 0.29) is 17.7 Å². The second-order valence-electron chi connectivity index (χ2n) is 5.45. The first kappa shape index (κ1) is 17.3. The molecule has 0 aliphatic carbocycles. The van der Waals surface area contributed by atoms with Crippen molar-refractivity contribution in [2.24, 2.45) is 0 Å². The lowest BCUT2D eigenvalue weighted by Gasteiger charge is -2.26. The van der Waals surface area contributed by atoms with E-state index < -0.39 is 11.8 Å². The van der Waals surface area contributed by atoms with E-state index in [2.05, 4.69) is 10.1 Å². The molecule has 3 rings (SSSR count). The van der Waals surface area contributed by atoms with Crippen molar-refractivity contribution in [1.29, 1.82) is 5.26 Å². The number of nitriles is 1. The summed E-state index contributed by atoms with van der Waals surface area (Å²) in [5.41, 5.74) is 1.30. The Balaban J connectivity index is 2.07. The lowest BCUT2D eigenvalue weighted by molar-refractivity contribution is 0.0526. The van der Waals surface area contributed by atoms with Crippen molar-refractivity contribution < 1.29 is 13.9 Å². The molecule has 0 N–H and O–H groups in total. The van der Waals surface area contributed by atoms with Gasteiger partial charge >= 0.3 is 5.97 Å². The Kier molecular flexibility index (Phi) is 4.76. The number of carbonyl (C=O) groups excluding carboxylic acids is 1. The van der Waals surface area contributed by atoms with Crippen molar-refractivity contribution in [2.45, 2.75) is 12.7 Å². The lowest BCUT2D eigenvalue weighted by Crippen LogP contribution is -2.32. The van der Waals surface area contributed by atoms with E-state index in [1.54, 1.807) is 6.92 Å². The van der Waals surface area contributed by atoms with E-state index in [1.165, 1.54) is 61.2 Å². The van der Waals surface area contributed by atoms with Gasteiger partial charge in [0.25, 0.3) is 5.79 Å². The summed E-state index contributed by atoms with van der Waals surface area (Å²) in [6, 6.07) is 14.1. The Bertz CT molecular complexity index is 931. The molecule has 0 fully saturated rings. The van der Waals surface area contributed by atoms with Gasteiger partial charge in [0.2, 0.25) is 0 Å². The number of aromatic nitrogens is 3. The number of rotatable bonds is 5. The van der Waals surface area contributed by atoms with Gasteiger partial charge in [-0.3, -0.25) is 0 Å². The molecule has 0 aliphatic heterocycles. The molecule has 6 nitrogen and oxygen atoms in total. The molecule has 26 heavy (non-hydrogen) atoms. The molecule has 0 aliphatic rings. The monoisotopic (exact) mass is 350 g/mol. The third-order valence-electron chi connectivity index (χ3n) is 3.91. The molecule has 1 unspecified atom stereocenters. The van der Waals surface area contributed by atoms with Crippen LogP contribution in [0.1, 0.15) is 34.0 Å². The van der Waals surface area contributed by atoms with Gasteiger partial charge in [0.05, 0.1) is 23.8 Å². The Hall–Kier alpha value is -3.53. The summed E-state index contributed by atoms with van der Waals surface area (Å²) in [6.07, 6.45) is 2.52. The highest BCUT2D eigenvalue weighted by Crippen LogP contribution is 2.35. The minimum Gasteiger partial charge on any atom is -0.462 e. The number of halogens is 1. The maximum atomic E-state index is 16.2. The zero-order valence-electron chi connectivity index (χ0n) is 14.0. The van der Waals surface area contributed by atoms with E-state index in [4.69, 9.17) is 10.00 Å². The van der Waals surface area contributed by atoms with Crippen LogP contribution in [0.15, 0.2) is 61.2 Å². The summed E-state index contributed by atoms with van der Waals surface area (Å²) in [5.74, 6) is -2.61. The normalized spacial score (nSPS) is 12.8. The maximum Gasteiger partial charge on any atom is 0.338 e. The highest BCUT2D eigenvalue weighted by molar-refractivity contribution is 5.89. The van der Waals surface area contributed by atoms with Crippen LogP contribution in [-0.4, -0.2) is 27.3 Å². The van der Waals surface area contributed by atoms with Gasteiger partial charge in [-0.2, -0.15) is 10.4 Å². The zero-order chi connectivity index (χ0) is 18.6. The summed E-state index contributed by atoms with van der Waals surface area (Å²) >= 11 is 0. The van der Waals surface area contributed by atoms with E-state index in [1.807, 2.05) is 6.07 Å². The molecule has 1 aromatic heterocycles. The summed E-state index contributed by atoms with van der Waals surface area (Å²) in [5, 5.41) is 12.9. The third-order valence-corrected chi connectivity index (χ3v) is 3.91. The van der Waals surface area contributed by atoms with E-state index in [0.717, 1.165) is 4.68 Å². The van der Waals surface area contributed by atoms with E-state index in [9.17, 15) is 4.79 Å². The number of alkyl halides is 1. The number of nitrogens with zero attached hydrogens (tertiary/aromatic N) is 4. The van der Waals surface area contributed by atoms with Crippen LogP contribution >= 0.6 is 0 Å². The number of benzene rings is 2. The number of carbonyl (C=O) groups is 1. The largest absolute Gasteiger partial charge is 0.462 e. The average molecular weight is 350 g/mol. The lowest BCUT2D eigenvalue weighted by atomic mass is 9.94. The van der Waals surface area contributed by atoms with Crippen LogP contribution in [0.4, 0.5) is 4.39 Å². The van der Waals surface area contributed by atoms with E-state index in [0.29, 0.717) is 11.1 Å². The Morgan fingerprint density at radius 2 is 1.81 bits per heavy atom. The van der Waals surface area contributed by atoms with Crippen LogP contribution in [-0.2, 0) is 10.5 Å². The zero-order valence-corrected chi connectivity index (χ0v) is 14.0. The molecule has 2 aromatic carbocycles. The molecule has 0 amide bonds. The predicted octanol–water partition coefficient (Wildman–Crippen LogP) is 3.05. The van der Waals surface area contributed by atoms with Gasteiger partial charge in [-0.15, -0.1) is 0 Å². The SMILES string of the molecule is CCOC(=O)c1ccc(C(F)(c2ccc(C#N)cc2)n2cncn2)cc1.